The molecule has 1 heterocycles. The van der Waals surface area contributed by atoms with Crippen molar-refractivity contribution in [2.75, 3.05) is 5.32 Å². The van der Waals surface area contributed by atoms with Gasteiger partial charge in [-0.2, -0.15) is 0 Å². The summed E-state index contributed by atoms with van der Waals surface area (Å²) in [5, 5.41) is 3.50. The van der Waals surface area contributed by atoms with E-state index in [1.54, 1.807) is 0 Å². The fraction of sp³-hybridized carbons (Fsp3) is 0.182. The molecule has 0 radical (unpaired) electrons. The Kier molecular flexibility index (Phi) is 3.59. The lowest BCUT2D eigenvalue weighted by molar-refractivity contribution is 0.594. The van der Waals surface area contributed by atoms with Gasteiger partial charge in [-0.1, -0.05) is 11.6 Å². The fourth-order valence-corrected chi connectivity index (χ4v) is 2.22. The van der Waals surface area contributed by atoms with Crippen LogP contribution in [0.5, 0.6) is 0 Å². The zero-order valence-corrected chi connectivity index (χ0v) is 10.5. The third-order valence-corrected chi connectivity index (χ3v) is 3.32. The summed E-state index contributed by atoms with van der Waals surface area (Å²) in [6, 6.07) is 2.30. The second-order valence-corrected chi connectivity index (χ2v) is 5.24. The van der Waals surface area contributed by atoms with Crippen molar-refractivity contribution in [3.05, 3.63) is 44.9 Å². The summed E-state index contributed by atoms with van der Waals surface area (Å²) in [4.78, 5) is 4.01. The third kappa shape index (κ3) is 2.92. The van der Waals surface area contributed by atoms with E-state index in [9.17, 15) is 8.78 Å². The molecule has 1 N–H and O–H groups in total. The number of rotatable bonds is 3. The van der Waals surface area contributed by atoms with Crippen LogP contribution in [0.1, 0.15) is 10.6 Å². The number of aryl methyl sites for hydroxylation is 1. The van der Waals surface area contributed by atoms with E-state index in [1.165, 1.54) is 24.5 Å². The summed E-state index contributed by atoms with van der Waals surface area (Å²) >= 11 is 7.01. The van der Waals surface area contributed by atoms with E-state index in [1.807, 2.05) is 0 Å². The molecule has 6 heteroatoms. The molecule has 0 fully saturated rings. The number of benzene rings is 1. The molecule has 17 heavy (non-hydrogen) atoms. The maximum atomic E-state index is 13.5. The fourth-order valence-electron chi connectivity index (χ4n) is 1.32. The first-order valence-electron chi connectivity index (χ1n) is 4.86. The highest BCUT2D eigenvalue weighted by molar-refractivity contribution is 7.15. The maximum Gasteiger partial charge on any atom is 0.146 e. The molecule has 0 amide bonds. The van der Waals surface area contributed by atoms with Gasteiger partial charge in [0.1, 0.15) is 21.0 Å². The molecule has 0 aliphatic carbocycles. The maximum absolute atomic E-state index is 13.5. The van der Waals surface area contributed by atoms with E-state index >= 15 is 0 Å². The molecule has 0 aliphatic heterocycles. The minimum absolute atomic E-state index is 0.124. The van der Waals surface area contributed by atoms with Crippen LogP contribution < -0.4 is 5.32 Å². The Balaban J connectivity index is 2.11. The van der Waals surface area contributed by atoms with Gasteiger partial charge in [-0.05, 0) is 18.6 Å². The molecule has 0 bridgehead atoms. The Morgan fingerprint density at radius 2 is 2.12 bits per heavy atom. The number of halogens is 3. The van der Waals surface area contributed by atoms with E-state index in [0.29, 0.717) is 10.9 Å². The lowest BCUT2D eigenvalue weighted by Gasteiger charge is -2.07. The van der Waals surface area contributed by atoms with E-state index in [4.69, 9.17) is 11.6 Å². The minimum Gasteiger partial charge on any atom is -0.376 e. The average Bonchev–Trinajstić information content (AvgIpc) is 2.68. The highest BCUT2D eigenvalue weighted by Crippen LogP contribution is 2.22. The largest absolute Gasteiger partial charge is 0.376 e. The number of hydrogen-bond donors (Lipinski definition) is 1. The lowest BCUT2D eigenvalue weighted by Crippen LogP contribution is -2.02. The van der Waals surface area contributed by atoms with Crippen LogP contribution >= 0.6 is 22.9 Å². The number of nitrogens with zero attached hydrogens (tertiary/aromatic N) is 1. The van der Waals surface area contributed by atoms with Crippen LogP contribution in [-0.4, -0.2) is 4.98 Å². The van der Waals surface area contributed by atoms with Gasteiger partial charge in [0.05, 0.1) is 18.4 Å². The first-order chi connectivity index (χ1) is 8.06. The van der Waals surface area contributed by atoms with E-state index in [-0.39, 0.29) is 11.3 Å². The molecule has 0 spiro atoms. The van der Waals surface area contributed by atoms with Crippen molar-refractivity contribution in [1.29, 1.82) is 0 Å². The number of thiazole rings is 1. The van der Waals surface area contributed by atoms with E-state index in [0.717, 1.165) is 17.1 Å². The van der Waals surface area contributed by atoms with Gasteiger partial charge in [-0.3, -0.25) is 0 Å². The van der Waals surface area contributed by atoms with Crippen molar-refractivity contribution in [3.63, 3.8) is 0 Å². The molecule has 1 aromatic carbocycles. The molecule has 1 aromatic heterocycles. The zero-order chi connectivity index (χ0) is 12.4. The van der Waals surface area contributed by atoms with Gasteiger partial charge in [-0.15, -0.1) is 11.3 Å². The average molecular weight is 275 g/mol. The van der Waals surface area contributed by atoms with Crippen molar-refractivity contribution in [1.82, 2.24) is 4.98 Å². The Bertz CT molecular complexity index is 542. The van der Waals surface area contributed by atoms with Crippen LogP contribution in [0.3, 0.4) is 0 Å². The van der Waals surface area contributed by atoms with Gasteiger partial charge in [-0.25, -0.2) is 13.8 Å². The van der Waals surface area contributed by atoms with Gasteiger partial charge < -0.3 is 5.32 Å². The molecule has 0 unspecified atom stereocenters. The predicted octanol–water partition coefficient (Wildman–Crippen LogP) is 4.00. The Morgan fingerprint density at radius 3 is 2.76 bits per heavy atom. The van der Waals surface area contributed by atoms with Crippen molar-refractivity contribution >= 4 is 28.6 Å². The molecule has 90 valence electrons. The molecule has 2 aromatic rings. The van der Waals surface area contributed by atoms with Crippen LogP contribution in [0.4, 0.5) is 14.5 Å². The molecule has 0 saturated heterocycles. The summed E-state index contributed by atoms with van der Waals surface area (Å²) in [5.41, 5.74) is 0.407. The molecule has 2 nitrogen and oxygen atoms in total. The number of hydrogen-bond acceptors (Lipinski definition) is 3. The van der Waals surface area contributed by atoms with Gasteiger partial charge >= 0.3 is 0 Å². The summed E-state index contributed by atoms with van der Waals surface area (Å²) in [5.74, 6) is -0.919. The lowest BCUT2D eigenvalue weighted by atomic mass is 10.2. The van der Waals surface area contributed by atoms with Crippen LogP contribution in [0.15, 0.2) is 18.3 Å². The van der Waals surface area contributed by atoms with Gasteiger partial charge in [0, 0.05) is 6.07 Å². The summed E-state index contributed by atoms with van der Waals surface area (Å²) in [7, 11) is 0. The Labute approximate surface area is 106 Å². The van der Waals surface area contributed by atoms with Crippen molar-refractivity contribution in [2.45, 2.75) is 13.5 Å². The first-order valence-corrected chi connectivity index (χ1v) is 6.05. The van der Waals surface area contributed by atoms with Gasteiger partial charge in [0.25, 0.3) is 0 Å². The van der Waals surface area contributed by atoms with Crippen LogP contribution in [0.25, 0.3) is 0 Å². The topological polar surface area (TPSA) is 24.9 Å². The van der Waals surface area contributed by atoms with Crippen molar-refractivity contribution in [3.8, 4) is 0 Å². The zero-order valence-electron chi connectivity index (χ0n) is 8.93. The highest BCUT2D eigenvalue weighted by atomic mass is 35.5. The minimum atomic E-state index is -0.480. The first kappa shape index (κ1) is 12.3. The molecular weight excluding hydrogens is 266 g/mol. The van der Waals surface area contributed by atoms with Crippen LogP contribution in [0.2, 0.25) is 4.34 Å². The highest BCUT2D eigenvalue weighted by Gasteiger charge is 2.07. The quantitative estimate of drug-likeness (QED) is 0.915. The van der Waals surface area contributed by atoms with Crippen molar-refractivity contribution < 1.29 is 8.78 Å². The molecule has 0 atom stereocenters. The van der Waals surface area contributed by atoms with Gasteiger partial charge in [0.15, 0.2) is 0 Å². The van der Waals surface area contributed by atoms with Crippen LogP contribution in [0, 0.1) is 18.6 Å². The second-order valence-electron chi connectivity index (χ2n) is 3.49. The number of anilines is 1. The second kappa shape index (κ2) is 4.98. The number of aromatic nitrogens is 1. The standard InChI is InChI=1S/C11H9ClF2N2S/c1-6-2-8(14)9(3-7(6)13)15-5-11-16-4-10(12)17-11/h2-4,15H,5H2,1H3. The molecular formula is C11H9ClF2N2S. The van der Waals surface area contributed by atoms with E-state index in [2.05, 4.69) is 10.3 Å². The normalized spacial score (nSPS) is 10.6. The predicted molar refractivity (Wildman–Crippen MR) is 65.5 cm³/mol. The smallest absolute Gasteiger partial charge is 0.146 e. The molecule has 0 saturated carbocycles. The monoisotopic (exact) mass is 274 g/mol. The van der Waals surface area contributed by atoms with Crippen molar-refractivity contribution in [2.24, 2.45) is 0 Å². The molecule has 0 aliphatic rings. The Morgan fingerprint density at radius 1 is 1.35 bits per heavy atom. The summed E-state index contributed by atoms with van der Waals surface area (Å²) in [6.07, 6.45) is 1.52. The van der Waals surface area contributed by atoms with Crippen LogP contribution in [-0.2, 0) is 6.54 Å². The third-order valence-electron chi connectivity index (χ3n) is 2.20. The summed E-state index contributed by atoms with van der Waals surface area (Å²) < 4.78 is 27.3. The number of nitrogens with one attached hydrogen (secondary N) is 1. The SMILES string of the molecule is Cc1cc(F)c(NCc2ncc(Cl)s2)cc1F. The summed E-state index contributed by atoms with van der Waals surface area (Å²) in [6.45, 7) is 1.83. The van der Waals surface area contributed by atoms with E-state index < -0.39 is 11.6 Å². The van der Waals surface area contributed by atoms with Gasteiger partial charge in [0.2, 0.25) is 0 Å². The molecule has 2 rings (SSSR count). The Hall–Kier alpha value is -1.20.